The van der Waals surface area contributed by atoms with Gasteiger partial charge in [0.05, 0.1) is 20.3 Å². The van der Waals surface area contributed by atoms with Crippen LogP contribution < -0.4 is 14.2 Å². The molecule has 5 heteroatoms. The van der Waals surface area contributed by atoms with Gasteiger partial charge >= 0.3 is 6.01 Å². The van der Waals surface area contributed by atoms with Gasteiger partial charge in [-0.3, -0.25) is 0 Å². The molecule has 0 amide bonds. The molecule has 0 aliphatic heterocycles. The van der Waals surface area contributed by atoms with Crippen molar-refractivity contribution in [1.29, 1.82) is 0 Å². The molecule has 1 aromatic heterocycles. The summed E-state index contributed by atoms with van der Waals surface area (Å²) in [6.45, 7) is 1.95. The van der Waals surface area contributed by atoms with Gasteiger partial charge in [0.25, 0.3) is 0 Å². The second-order valence-electron chi connectivity index (χ2n) is 3.60. The first kappa shape index (κ1) is 12.2. The highest BCUT2D eigenvalue weighted by atomic mass is 16.5. The van der Waals surface area contributed by atoms with Crippen LogP contribution in [0.25, 0.3) is 0 Å². The van der Waals surface area contributed by atoms with E-state index in [9.17, 15) is 0 Å². The summed E-state index contributed by atoms with van der Waals surface area (Å²) in [7, 11) is 3.05. The molecule has 0 radical (unpaired) electrons. The van der Waals surface area contributed by atoms with Gasteiger partial charge < -0.3 is 14.2 Å². The third-order valence-electron chi connectivity index (χ3n) is 2.37. The Morgan fingerprint density at radius 1 is 0.944 bits per heavy atom. The van der Waals surface area contributed by atoms with Crippen LogP contribution in [-0.4, -0.2) is 24.2 Å². The van der Waals surface area contributed by atoms with E-state index in [0.29, 0.717) is 17.5 Å². The molecule has 1 aromatic carbocycles. The first-order chi connectivity index (χ1) is 8.72. The first-order valence-corrected chi connectivity index (χ1v) is 5.43. The fourth-order valence-corrected chi connectivity index (χ4v) is 1.41. The largest absolute Gasteiger partial charge is 0.481 e. The van der Waals surface area contributed by atoms with Gasteiger partial charge in [-0.05, 0) is 18.6 Å². The quantitative estimate of drug-likeness (QED) is 0.830. The Hall–Kier alpha value is -2.30. The Morgan fingerprint density at radius 3 is 2.11 bits per heavy atom. The van der Waals surface area contributed by atoms with Crippen molar-refractivity contribution >= 4 is 0 Å². The van der Waals surface area contributed by atoms with E-state index in [1.54, 1.807) is 6.07 Å². The van der Waals surface area contributed by atoms with Crippen LogP contribution >= 0.6 is 0 Å². The van der Waals surface area contributed by atoms with Crippen LogP contribution in [0, 0.1) is 6.92 Å². The fraction of sp³-hybridized carbons (Fsp3) is 0.231. The van der Waals surface area contributed by atoms with Crippen molar-refractivity contribution in [3.05, 3.63) is 35.9 Å². The highest BCUT2D eigenvalue weighted by Crippen LogP contribution is 2.25. The minimum absolute atomic E-state index is 0.195. The van der Waals surface area contributed by atoms with Crippen LogP contribution in [0.3, 0.4) is 0 Å². The summed E-state index contributed by atoms with van der Waals surface area (Å²) in [5.74, 6) is 1.49. The molecule has 0 saturated heterocycles. The molecule has 18 heavy (non-hydrogen) atoms. The van der Waals surface area contributed by atoms with Crippen molar-refractivity contribution < 1.29 is 14.2 Å². The molecule has 0 atom stereocenters. The molecule has 94 valence electrons. The van der Waals surface area contributed by atoms with Crippen molar-refractivity contribution in [3.63, 3.8) is 0 Å². The van der Waals surface area contributed by atoms with Gasteiger partial charge in [0, 0.05) is 0 Å². The number of benzene rings is 1. The number of methoxy groups -OCH3 is 2. The van der Waals surface area contributed by atoms with Gasteiger partial charge in [0.2, 0.25) is 11.8 Å². The van der Waals surface area contributed by atoms with Crippen LogP contribution in [0.1, 0.15) is 5.56 Å². The predicted molar refractivity (Wildman–Crippen MR) is 66.4 cm³/mol. The first-order valence-electron chi connectivity index (χ1n) is 5.43. The monoisotopic (exact) mass is 246 g/mol. The summed E-state index contributed by atoms with van der Waals surface area (Å²) in [4.78, 5) is 8.20. The molecule has 0 unspecified atom stereocenters. The van der Waals surface area contributed by atoms with E-state index in [2.05, 4.69) is 9.97 Å². The Morgan fingerprint density at radius 2 is 1.56 bits per heavy atom. The van der Waals surface area contributed by atoms with Crippen LogP contribution in [0.4, 0.5) is 0 Å². The number of para-hydroxylation sites is 1. The normalized spacial score (nSPS) is 9.94. The van der Waals surface area contributed by atoms with Crippen molar-refractivity contribution in [2.24, 2.45) is 0 Å². The minimum Gasteiger partial charge on any atom is -0.481 e. The highest BCUT2D eigenvalue weighted by molar-refractivity contribution is 5.34. The lowest BCUT2D eigenvalue weighted by Crippen LogP contribution is -1.98. The Balaban J connectivity index is 2.31. The van der Waals surface area contributed by atoms with E-state index in [-0.39, 0.29) is 6.01 Å². The highest BCUT2D eigenvalue weighted by Gasteiger charge is 2.08. The zero-order valence-electron chi connectivity index (χ0n) is 10.5. The van der Waals surface area contributed by atoms with E-state index >= 15 is 0 Å². The average molecular weight is 246 g/mol. The summed E-state index contributed by atoms with van der Waals surface area (Å²) in [5, 5.41) is 0. The van der Waals surface area contributed by atoms with Gasteiger partial charge in [-0.1, -0.05) is 18.2 Å². The van der Waals surface area contributed by atoms with Gasteiger partial charge in [0.15, 0.2) is 0 Å². The van der Waals surface area contributed by atoms with Crippen molar-refractivity contribution in [1.82, 2.24) is 9.97 Å². The number of hydrogen-bond donors (Lipinski definition) is 0. The molecule has 2 aromatic rings. The molecule has 0 aliphatic carbocycles. The lowest BCUT2D eigenvalue weighted by molar-refractivity contribution is 0.347. The summed E-state index contributed by atoms with van der Waals surface area (Å²) >= 11 is 0. The maximum atomic E-state index is 5.61. The smallest absolute Gasteiger partial charge is 0.328 e. The summed E-state index contributed by atoms with van der Waals surface area (Å²) in [6, 6.07) is 9.41. The average Bonchev–Trinajstić information content (AvgIpc) is 2.41. The van der Waals surface area contributed by atoms with Crippen molar-refractivity contribution in [2.45, 2.75) is 6.92 Å². The maximum Gasteiger partial charge on any atom is 0.328 e. The van der Waals surface area contributed by atoms with Gasteiger partial charge in [-0.2, -0.15) is 9.97 Å². The molecular weight excluding hydrogens is 232 g/mol. The minimum atomic E-state index is 0.195. The second-order valence-corrected chi connectivity index (χ2v) is 3.60. The summed E-state index contributed by atoms with van der Waals surface area (Å²) in [5.41, 5.74) is 1.00. The Labute approximate surface area is 105 Å². The third kappa shape index (κ3) is 2.68. The molecule has 5 nitrogen and oxygen atoms in total. The number of rotatable bonds is 4. The molecule has 0 N–H and O–H groups in total. The zero-order valence-corrected chi connectivity index (χ0v) is 10.5. The van der Waals surface area contributed by atoms with Gasteiger partial charge in [-0.25, -0.2) is 0 Å². The topological polar surface area (TPSA) is 53.5 Å². The van der Waals surface area contributed by atoms with Crippen LogP contribution in [-0.2, 0) is 0 Å². The molecule has 1 heterocycles. The fourth-order valence-electron chi connectivity index (χ4n) is 1.41. The van der Waals surface area contributed by atoms with E-state index in [1.807, 2.05) is 31.2 Å². The Kier molecular flexibility index (Phi) is 3.62. The number of nitrogens with zero attached hydrogens (tertiary/aromatic N) is 2. The van der Waals surface area contributed by atoms with Crippen LogP contribution in [0.2, 0.25) is 0 Å². The molecule has 0 bridgehead atoms. The molecule has 0 aliphatic rings. The van der Waals surface area contributed by atoms with Gasteiger partial charge in [0.1, 0.15) is 5.75 Å². The standard InChI is InChI=1S/C13H14N2O3/c1-9-6-4-5-7-10(9)18-13-14-11(16-2)8-12(15-13)17-3/h4-8H,1-3H3. The van der Waals surface area contributed by atoms with Crippen LogP contribution in [0.5, 0.6) is 23.5 Å². The molecule has 2 rings (SSSR count). The Bertz CT molecular complexity index is 521. The van der Waals surface area contributed by atoms with Crippen molar-refractivity contribution in [3.8, 4) is 23.5 Å². The lowest BCUT2D eigenvalue weighted by atomic mass is 10.2. The molecular formula is C13H14N2O3. The second kappa shape index (κ2) is 5.35. The number of ether oxygens (including phenoxy) is 3. The molecule has 0 fully saturated rings. The SMILES string of the molecule is COc1cc(OC)nc(Oc2ccccc2C)n1. The van der Waals surface area contributed by atoms with E-state index in [4.69, 9.17) is 14.2 Å². The number of aromatic nitrogens is 2. The van der Waals surface area contributed by atoms with E-state index < -0.39 is 0 Å². The van der Waals surface area contributed by atoms with Crippen LogP contribution in [0.15, 0.2) is 30.3 Å². The predicted octanol–water partition coefficient (Wildman–Crippen LogP) is 2.59. The number of aryl methyl sites for hydroxylation is 1. The molecule has 0 spiro atoms. The zero-order chi connectivity index (χ0) is 13.0. The third-order valence-corrected chi connectivity index (χ3v) is 2.37. The van der Waals surface area contributed by atoms with E-state index in [0.717, 1.165) is 5.56 Å². The maximum absolute atomic E-state index is 5.61. The van der Waals surface area contributed by atoms with E-state index in [1.165, 1.54) is 14.2 Å². The van der Waals surface area contributed by atoms with Gasteiger partial charge in [-0.15, -0.1) is 0 Å². The summed E-state index contributed by atoms with van der Waals surface area (Å²) < 4.78 is 15.7. The van der Waals surface area contributed by atoms with Crippen molar-refractivity contribution in [2.75, 3.05) is 14.2 Å². The lowest BCUT2D eigenvalue weighted by Gasteiger charge is -2.08. The summed E-state index contributed by atoms with van der Waals surface area (Å²) in [6.07, 6.45) is 0. The molecule has 0 saturated carbocycles. The number of hydrogen-bond acceptors (Lipinski definition) is 5.